The molecule has 3 rings (SSSR count). The van der Waals surface area contributed by atoms with Crippen LogP contribution in [0.25, 0.3) is 0 Å². The zero-order chi connectivity index (χ0) is 23.2. The monoisotopic (exact) mass is 432 g/mol. The Morgan fingerprint density at radius 1 is 1.19 bits per heavy atom. The van der Waals surface area contributed by atoms with Crippen molar-refractivity contribution >= 4 is 17.5 Å². The lowest BCUT2D eigenvalue weighted by Gasteiger charge is -2.55. The zero-order valence-corrected chi connectivity index (χ0v) is 19.6. The van der Waals surface area contributed by atoms with E-state index in [9.17, 15) is 19.5 Å². The standard InChI is InChI=1S/C25H36O6/c1-15(2)11-21(27)30-10-8-18-17(12-16(3)26)22(28)25(29)14-31-23(4,5)19-7-9-24(18,6)13-20(19)25/h8,10-11,17-20,29H,7,9,12-14H2,1-6H3. The third kappa shape index (κ3) is 4.42. The molecule has 6 atom stereocenters. The average Bonchev–Trinajstić information content (AvgIpc) is 2.69. The van der Waals surface area contributed by atoms with E-state index in [2.05, 4.69) is 6.92 Å². The second kappa shape index (κ2) is 8.28. The van der Waals surface area contributed by atoms with Crippen molar-refractivity contribution in [2.45, 2.75) is 78.4 Å². The molecule has 1 saturated heterocycles. The van der Waals surface area contributed by atoms with Crippen LogP contribution in [0.15, 0.2) is 24.0 Å². The number of fused-ring (bicyclic) bond motifs is 1. The molecule has 0 spiro atoms. The maximum atomic E-state index is 13.7. The molecule has 0 radical (unpaired) electrons. The Labute approximate surface area is 185 Å². The van der Waals surface area contributed by atoms with Crippen molar-refractivity contribution in [1.29, 1.82) is 0 Å². The number of rotatable bonds is 5. The number of carbonyl (C=O) groups is 3. The zero-order valence-electron chi connectivity index (χ0n) is 19.6. The van der Waals surface area contributed by atoms with E-state index in [0.717, 1.165) is 18.4 Å². The fraction of sp³-hybridized carbons (Fsp3) is 0.720. The second-order valence-corrected chi connectivity index (χ2v) is 10.8. The SMILES string of the molecule is CC(=O)CC1C(=O)C2(O)COC(C)(C)C3CCC(C)(CC32)C1C=COC(=O)C=C(C)C. The van der Waals surface area contributed by atoms with E-state index in [4.69, 9.17) is 9.47 Å². The molecule has 0 aromatic heterocycles. The first-order chi connectivity index (χ1) is 14.3. The van der Waals surface area contributed by atoms with Crippen LogP contribution in [-0.4, -0.2) is 40.5 Å². The van der Waals surface area contributed by atoms with Crippen LogP contribution < -0.4 is 0 Å². The Hall–Kier alpha value is -1.79. The van der Waals surface area contributed by atoms with Gasteiger partial charge in [0, 0.05) is 24.3 Å². The summed E-state index contributed by atoms with van der Waals surface area (Å²) in [4.78, 5) is 37.8. The van der Waals surface area contributed by atoms with Crippen molar-refractivity contribution in [3.63, 3.8) is 0 Å². The fourth-order valence-electron chi connectivity index (χ4n) is 6.16. The molecule has 2 bridgehead atoms. The lowest BCUT2D eigenvalue weighted by Crippen LogP contribution is -2.63. The number of aliphatic hydroxyl groups is 1. The number of allylic oxidation sites excluding steroid dienone is 2. The lowest BCUT2D eigenvalue weighted by molar-refractivity contribution is -0.229. The number of hydrogen-bond donors (Lipinski definition) is 1. The van der Waals surface area contributed by atoms with Gasteiger partial charge in [-0.25, -0.2) is 4.79 Å². The molecule has 6 heteroatoms. The van der Waals surface area contributed by atoms with Crippen LogP contribution in [0.5, 0.6) is 0 Å². The first-order valence-corrected chi connectivity index (χ1v) is 11.2. The van der Waals surface area contributed by atoms with Gasteiger partial charge in [-0.05, 0) is 77.2 Å². The summed E-state index contributed by atoms with van der Waals surface area (Å²) in [6.07, 6.45) is 6.90. The van der Waals surface area contributed by atoms with Crippen LogP contribution in [0.3, 0.4) is 0 Å². The average molecular weight is 433 g/mol. The maximum absolute atomic E-state index is 13.7. The van der Waals surface area contributed by atoms with E-state index < -0.39 is 23.1 Å². The van der Waals surface area contributed by atoms with Crippen molar-refractivity contribution in [2.24, 2.45) is 29.1 Å². The number of ketones is 2. The minimum absolute atomic E-state index is 0.0452. The summed E-state index contributed by atoms with van der Waals surface area (Å²) >= 11 is 0. The third-order valence-corrected chi connectivity index (χ3v) is 7.75. The molecule has 2 aliphatic carbocycles. The summed E-state index contributed by atoms with van der Waals surface area (Å²) in [5.41, 5.74) is -1.47. The van der Waals surface area contributed by atoms with Crippen LogP contribution >= 0.6 is 0 Å². The highest BCUT2D eigenvalue weighted by Crippen LogP contribution is 2.60. The molecule has 1 aliphatic heterocycles. The first kappa shape index (κ1) is 23.9. The number of carbonyl (C=O) groups excluding carboxylic acids is 3. The number of hydrogen-bond acceptors (Lipinski definition) is 6. The van der Waals surface area contributed by atoms with Gasteiger partial charge in [-0.1, -0.05) is 12.5 Å². The van der Waals surface area contributed by atoms with Crippen LogP contribution in [-0.2, 0) is 23.9 Å². The van der Waals surface area contributed by atoms with Crippen LogP contribution in [0.1, 0.15) is 67.2 Å². The second-order valence-electron chi connectivity index (χ2n) is 10.8. The molecule has 3 fully saturated rings. The molecule has 3 aliphatic rings. The van der Waals surface area contributed by atoms with Gasteiger partial charge in [0.25, 0.3) is 0 Å². The van der Waals surface area contributed by atoms with Gasteiger partial charge in [-0.15, -0.1) is 0 Å². The molecule has 0 aromatic carbocycles. The van der Waals surface area contributed by atoms with Crippen molar-refractivity contribution in [3.05, 3.63) is 24.0 Å². The molecule has 6 unspecified atom stereocenters. The smallest absolute Gasteiger partial charge is 0.335 e. The van der Waals surface area contributed by atoms with E-state index in [1.165, 1.54) is 19.3 Å². The van der Waals surface area contributed by atoms with Gasteiger partial charge in [0.2, 0.25) is 0 Å². The summed E-state index contributed by atoms with van der Waals surface area (Å²) in [6.45, 7) is 11.2. The van der Waals surface area contributed by atoms with Crippen molar-refractivity contribution in [3.8, 4) is 0 Å². The molecular formula is C25H36O6. The molecule has 31 heavy (non-hydrogen) atoms. The van der Waals surface area contributed by atoms with Gasteiger partial charge in [0.1, 0.15) is 11.4 Å². The lowest BCUT2D eigenvalue weighted by atomic mass is 9.55. The van der Waals surface area contributed by atoms with Gasteiger partial charge in [-0.2, -0.15) is 0 Å². The van der Waals surface area contributed by atoms with Gasteiger partial charge < -0.3 is 19.4 Å². The van der Waals surface area contributed by atoms with Gasteiger partial charge >= 0.3 is 5.97 Å². The van der Waals surface area contributed by atoms with E-state index >= 15 is 0 Å². The highest BCUT2D eigenvalue weighted by atomic mass is 16.5. The molecule has 6 nitrogen and oxygen atoms in total. The molecule has 0 amide bonds. The Bertz CT molecular complexity index is 820. The molecular weight excluding hydrogens is 396 g/mol. The molecule has 172 valence electrons. The predicted molar refractivity (Wildman–Crippen MR) is 116 cm³/mol. The Morgan fingerprint density at radius 3 is 2.48 bits per heavy atom. The predicted octanol–water partition coefficient (Wildman–Crippen LogP) is 3.77. The van der Waals surface area contributed by atoms with Gasteiger partial charge in [-0.3, -0.25) is 4.79 Å². The fourth-order valence-corrected chi connectivity index (χ4v) is 6.16. The summed E-state index contributed by atoms with van der Waals surface area (Å²) in [7, 11) is 0. The van der Waals surface area contributed by atoms with E-state index in [1.807, 2.05) is 27.7 Å². The molecule has 1 N–H and O–H groups in total. The highest BCUT2D eigenvalue weighted by molar-refractivity contribution is 5.94. The van der Waals surface area contributed by atoms with E-state index in [1.54, 1.807) is 6.08 Å². The largest absolute Gasteiger partial charge is 0.432 e. The van der Waals surface area contributed by atoms with Crippen LogP contribution in [0.2, 0.25) is 0 Å². The summed E-state index contributed by atoms with van der Waals surface area (Å²) in [6, 6.07) is 0. The Balaban J connectivity index is 2.01. The van der Waals surface area contributed by atoms with Crippen molar-refractivity contribution < 1.29 is 29.0 Å². The molecule has 1 heterocycles. The highest BCUT2D eigenvalue weighted by Gasteiger charge is 2.64. The maximum Gasteiger partial charge on any atom is 0.335 e. The Morgan fingerprint density at radius 2 is 1.87 bits per heavy atom. The van der Waals surface area contributed by atoms with Gasteiger partial charge in [0.05, 0.1) is 18.5 Å². The quantitative estimate of drug-likeness (QED) is 0.404. The minimum Gasteiger partial charge on any atom is -0.432 e. The summed E-state index contributed by atoms with van der Waals surface area (Å²) in [5, 5.41) is 11.6. The van der Waals surface area contributed by atoms with Crippen molar-refractivity contribution in [1.82, 2.24) is 0 Å². The van der Waals surface area contributed by atoms with E-state index in [-0.39, 0.29) is 47.8 Å². The van der Waals surface area contributed by atoms with Crippen LogP contribution in [0, 0.1) is 29.1 Å². The topological polar surface area (TPSA) is 89.9 Å². The first-order valence-electron chi connectivity index (χ1n) is 11.2. The Kier molecular flexibility index (Phi) is 6.38. The number of esters is 1. The normalized spacial score (nSPS) is 39.0. The van der Waals surface area contributed by atoms with E-state index in [0.29, 0.717) is 6.42 Å². The number of ether oxygens (including phenoxy) is 2. The summed E-state index contributed by atoms with van der Waals surface area (Å²) in [5.74, 6) is -2.04. The van der Waals surface area contributed by atoms with Crippen LogP contribution in [0.4, 0.5) is 0 Å². The third-order valence-electron chi connectivity index (χ3n) is 7.75. The van der Waals surface area contributed by atoms with Crippen molar-refractivity contribution in [2.75, 3.05) is 6.61 Å². The molecule has 2 saturated carbocycles. The minimum atomic E-state index is -1.59. The van der Waals surface area contributed by atoms with Gasteiger partial charge in [0.15, 0.2) is 5.78 Å². The summed E-state index contributed by atoms with van der Waals surface area (Å²) < 4.78 is 11.2. The molecule has 0 aromatic rings. The number of Topliss-reactive ketones (excluding diaryl/α,β-unsaturated/α-hetero) is 2.